The molecule has 0 fully saturated rings. The van der Waals surface area contributed by atoms with Crippen LogP contribution in [0.15, 0.2) is 36.4 Å². The number of hydrogen-bond donors (Lipinski definition) is 1. The zero-order valence-corrected chi connectivity index (χ0v) is 17.8. The smallest absolute Gasteiger partial charge is 0.282 e. The highest BCUT2D eigenvalue weighted by atomic mass is 32.2. The molecule has 1 N–H and O–H groups in total. The first-order chi connectivity index (χ1) is 14.7. The van der Waals surface area contributed by atoms with E-state index >= 15 is 0 Å². The van der Waals surface area contributed by atoms with E-state index in [1.54, 1.807) is 19.1 Å². The van der Waals surface area contributed by atoms with Crippen molar-refractivity contribution in [2.75, 3.05) is 13.7 Å². The van der Waals surface area contributed by atoms with Gasteiger partial charge in [0.25, 0.3) is 17.5 Å². The molecule has 3 atom stereocenters. The number of fused-ring (bicyclic) bond motifs is 1. The van der Waals surface area contributed by atoms with E-state index in [2.05, 4.69) is 0 Å². The van der Waals surface area contributed by atoms with E-state index in [1.807, 2.05) is 0 Å². The lowest BCUT2D eigenvalue weighted by Crippen LogP contribution is -2.41. The molecule has 1 aliphatic heterocycles. The zero-order chi connectivity index (χ0) is 22.9. The molecule has 2 aromatic carbocycles. The molecule has 0 saturated carbocycles. The molecule has 0 radical (unpaired) electrons. The van der Waals surface area contributed by atoms with Crippen LogP contribution in [0.4, 0.5) is 5.69 Å². The van der Waals surface area contributed by atoms with Crippen LogP contribution in [0.2, 0.25) is 0 Å². The molecular weight excluding hydrogens is 428 g/mol. The van der Waals surface area contributed by atoms with Crippen LogP contribution < -0.4 is 9.47 Å². The van der Waals surface area contributed by atoms with Crippen LogP contribution in [0, 0.1) is 10.1 Å². The second-order valence-electron chi connectivity index (χ2n) is 6.71. The molecule has 0 bridgehead atoms. The maximum atomic E-state index is 13.2. The van der Waals surface area contributed by atoms with Gasteiger partial charge in [-0.15, -0.1) is 0 Å². The van der Waals surface area contributed by atoms with E-state index in [0.717, 1.165) is 11.0 Å². The quantitative estimate of drug-likeness (QED) is 0.282. The molecule has 11 heteroatoms. The number of carbonyl (C=O) groups excluding carboxylic acids is 2. The molecule has 0 saturated heterocycles. The third kappa shape index (κ3) is 3.89. The van der Waals surface area contributed by atoms with Crippen molar-refractivity contribution in [1.82, 2.24) is 4.90 Å². The van der Waals surface area contributed by atoms with Crippen LogP contribution in [0.5, 0.6) is 11.5 Å². The van der Waals surface area contributed by atoms with Crippen LogP contribution in [0.1, 0.15) is 46.2 Å². The van der Waals surface area contributed by atoms with Crippen molar-refractivity contribution in [3.63, 3.8) is 0 Å². The summed E-state index contributed by atoms with van der Waals surface area (Å²) >= 11 is -2.42. The van der Waals surface area contributed by atoms with Gasteiger partial charge in [0.15, 0.2) is 22.6 Å². The van der Waals surface area contributed by atoms with Gasteiger partial charge in [-0.3, -0.25) is 24.6 Å². The van der Waals surface area contributed by atoms with Gasteiger partial charge in [0.05, 0.1) is 35.5 Å². The van der Waals surface area contributed by atoms with E-state index in [9.17, 15) is 28.5 Å². The van der Waals surface area contributed by atoms with E-state index in [1.165, 1.54) is 32.2 Å². The fourth-order valence-electron chi connectivity index (χ4n) is 3.58. The Labute approximate surface area is 180 Å². The van der Waals surface area contributed by atoms with Gasteiger partial charge in [0.2, 0.25) is 0 Å². The molecule has 0 aromatic heterocycles. The molecule has 3 unspecified atom stereocenters. The van der Waals surface area contributed by atoms with Crippen LogP contribution >= 0.6 is 0 Å². The third-order valence-electron chi connectivity index (χ3n) is 4.99. The van der Waals surface area contributed by atoms with Crippen molar-refractivity contribution in [3.8, 4) is 11.5 Å². The van der Waals surface area contributed by atoms with Crippen molar-refractivity contribution in [2.45, 2.75) is 25.1 Å². The summed E-state index contributed by atoms with van der Waals surface area (Å²) in [7, 11) is 1.45. The number of ether oxygens (including phenoxy) is 2. The topological polar surface area (TPSA) is 136 Å². The largest absolute Gasteiger partial charge is 0.493 e. The molecule has 2 amide bonds. The van der Waals surface area contributed by atoms with Gasteiger partial charge >= 0.3 is 0 Å². The Morgan fingerprint density at radius 1 is 1.19 bits per heavy atom. The molecule has 164 valence electrons. The first-order valence-corrected chi connectivity index (χ1v) is 10.5. The van der Waals surface area contributed by atoms with Crippen LogP contribution in [-0.4, -0.2) is 49.4 Å². The summed E-state index contributed by atoms with van der Waals surface area (Å²) in [5.41, 5.74) is -0.619. The highest BCUT2D eigenvalue weighted by Crippen LogP contribution is 2.40. The average molecular weight is 448 g/mol. The minimum Gasteiger partial charge on any atom is -0.493 e. The van der Waals surface area contributed by atoms with Gasteiger partial charge in [-0.25, -0.2) is 4.21 Å². The molecule has 0 aliphatic carbocycles. The molecule has 31 heavy (non-hydrogen) atoms. The van der Waals surface area contributed by atoms with Crippen LogP contribution in [-0.2, 0) is 11.1 Å². The lowest BCUT2D eigenvalue weighted by Gasteiger charge is -2.30. The molecule has 10 nitrogen and oxygen atoms in total. The van der Waals surface area contributed by atoms with Crippen molar-refractivity contribution in [2.24, 2.45) is 0 Å². The Kier molecular flexibility index (Phi) is 6.37. The Morgan fingerprint density at radius 2 is 1.90 bits per heavy atom. The predicted octanol–water partition coefficient (Wildman–Crippen LogP) is 2.95. The number of nitrogens with zero attached hydrogens (tertiary/aromatic N) is 2. The highest BCUT2D eigenvalue weighted by molar-refractivity contribution is 7.79. The second kappa shape index (κ2) is 8.82. The summed E-state index contributed by atoms with van der Waals surface area (Å²) in [4.78, 5) is 37.7. The van der Waals surface area contributed by atoms with Crippen molar-refractivity contribution >= 4 is 28.6 Å². The minimum absolute atomic E-state index is 0.126. The Hall–Kier alpha value is -3.31. The number of rotatable bonds is 8. The molecule has 0 spiro atoms. The lowest BCUT2D eigenvalue weighted by molar-refractivity contribution is -0.385. The van der Waals surface area contributed by atoms with Gasteiger partial charge in [0, 0.05) is 6.07 Å². The molecule has 2 aromatic rings. The number of benzene rings is 2. The Balaban J connectivity index is 2.17. The average Bonchev–Trinajstić information content (AvgIpc) is 2.99. The number of nitro groups is 1. The summed E-state index contributed by atoms with van der Waals surface area (Å²) in [6.07, 6.45) is 0. The van der Waals surface area contributed by atoms with Gasteiger partial charge in [-0.2, -0.15) is 0 Å². The number of imide groups is 1. The predicted molar refractivity (Wildman–Crippen MR) is 111 cm³/mol. The normalized spacial score (nSPS) is 15.9. The summed E-state index contributed by atoms with van der Waals surface area (Å²) < 4.78 is 32.5. The highest BCUT2D eigenvalue weighted by Gasteiger charge is 2.47. The number of nitro benzene ring substituents is 1. The van der Waals surface area contributed by atoms with Crippen molar-refractivity contribution < 1.29 is 32.7 Å². The molecule has 3 rings (SSSR count). The number of amides is 2. The molecular formula is C20H20N2O8S. The monoisotopic (exact) mass is 448 g/mol. The summed E-state index contributed by atoms with van der Waals surface area (Å²) in [6, 6.07) is 7.22. The molecule has 1 heterocycles. The third-order valence-corrected chi connectivity index (χ3v) is 5.88. The minimum atomic E-state index is -2.42. The van der Waals surface area contributed by atoms with Gasteiger partial charge in [-0.1, -0.05) is 12.1 Å². The number of carbonyl (C=O) groups is 2. The van der Waals surface area contributed by atoms with Gasteiger partial charge < -0.3 is 14.0 Å². The standard InChI is InChI=1S/C20H20N2O8S/c1-4-30-16-10-12(8-9-15(16)29-3)18(11(2)31(27)28)21-19(23)13-6-5-7-14(22(25)26)17(13)20(21)24/h5-11,18H,4H2,1-3H3,(H,27,28). The van der Waals surface area contributed by atoms with Crippen LogP contribution in [0.25, 0.3) is 0 Å². The fraction of sp³-hybridized carbons (Fsp3) is 0.300. The maximum Gasteiger partial charge on any atom is 0.282 e. The summed E-state index contributed by atoms with van der Waals surface area (Å²) in [5, 5.41) is 10.3. The van der Waals surface area contributed by atoms with Gasteiger partial charge in [0.1, 0.15) is 5.56 Å². The lowest BCUT2D eigenvalue weighted by atomic mass is 10.0. The first-order valence-electron chi connectivity index (χ1n) is 9.28. The van der Waals surface area contributed by atoms with Crippen molar-refractivity contribution in [1.29, 1.82) is 0 Å². The van der Waals surface area contributed by atoms with E-state index in [-0.39, 0.29) is 11.1 Å². The summed E-state index contributed by atoms with van der Waals surface area (Å²) in [6.45, 7) is 3.48. The van der Waals surface area contributed by atoms with E-state index in [0.29, 0.717) is 23.7 Å². The van der Waals surface area contributed by atoms with Crippen LogP contribution in [0.3, 0.4) is 0 Å². The second-order valence-corrected chi connectivity index (χ2v) is 8.00. The SMILES string of the molecule is CCOc1cc(C(C(C)S(=O)O)N2C(=O)c3cccc([N+](=O)[O-])c3C2=O)ccc1OC. The zero-order valence-electron chi connectivity index (χ0n) is 16.9. The fourth-order valence-corrected chi connectivity index (χ4v) is 4.08. The van der Waals surface area contributed by atoms with Gasteiger partial charge in [-0.05, 0) is 37.6 Å². The Bertz CT molecular complexity index is 1090. The number of methoxy groups -OCH3 is 1. The molecule has 1 aliphatic rings. The summed E-state index contributed by atoms with van der Waals surface area (Å²) in [5.74, 6) is -0.950. The van der Waals surface area contributed by atoms with Crippen molar-refractivity contribution in [3.05, 3.63) is 63.2 Å². The number of hydrogen-bond acceptors (Lipinski definition) is 7. The van der Waals surface area contributed by atoms with E-state index in [4.69, 9.17) is 9.47 Å². The van der Waals surface area contributed by atoms with E-state index < -0.39 is 44.8 Å². The Morgan fingerprint density at radius 3 is 2.48 bits per heavy atom. The maximum absolute atomic E-state index is 13.2. The first kappa shape index (κ1) is 22.4.